The highest BCUT2D eigenvalue weighted by atomic mass is 127. The maximum atomic E-state index is 11.7. The van der Waals surface area contributed by atoms with Crippen LogP contribution in [0.15, 0.2) is 18.2 Å². The molecule has 1 rings (SSSR count). The van der Waals surface area contributed by atoms with Crippen LogP contribution >= 0.6 is 22.6 Å². The summed E-state index contributed by atoms with van der Waals surface area (Å²) in [7, 11) is 0. The molecule has 0 unspecified atom stereocenters. The van der Waals surface area contributed by atoms with E-state index < -0.39 is 18.7 Å². The minimum absolute atomic E-state index is 0.154. The van der Waals surface area contributed by atoms with E-state index in [2.05, 4.69) is 4.84 Å². The normalized spacial score (nSPS) is 11.3. The van der Waals surface area contributed by atoms with Crippen LogP contribution in [0.3, 0.4) is 0 Å². The van der Waals surface area contributed by atoms with Crippen molar-refractivity contribution in [3.63, 3.8) is 0 Å². The number of phenols is 1. The Labute approximate surface area is 108 Å². The summed E-state index contributed by atoms with van der Waals surface area (Å²) >= 11 is 1.89. The van der Waals surface area contributed by atoms with Crippen LogP contribution in [0.5, 0.6) is 5.75 Å². The first-order chi connectivity index (χ1) is 7.79. The SMILES string of the molecule is O=C(NOCC(F)(F)F)c1cc(I)ccc1O. The van der Waals surface area contributed by atoms with Crippen molar-refractivity contribution in [2.45, 2.75) is 6.18 Å². The molecule has 4 nitrogen and oxygen atoms in total. The van der Waals surface area contributed by atoms with Gasteiger partial charge in [0.2, 0.25) is 0 Å². The molecule has 0 aliphatic heterocycles. The van der Waals surface area contributed by atoms with Crippen molar-refractivity contribution in [1.82, 2.24) is 5.48 Å². The van der Waals surface area contributed by atoms with Gasteiger partial charge >= 0.3 is 6.18 Å². The predicted molar refractivity (Wildman–Crippen MR) is 60.3 cm³/mol. The standard InChI is InChI=1S/C9H7F3INO3/c10-9(11,12)4-17-14-8(16)6-3-5(13)1-2-7(6)15/h1-3,15H,4H2,(H,14,16). The van der Waals surface area contributed by atoms with E-state index in [0.29, 0.717) is 3.57 Å². The molecule has 0 heterocycles. The van der Waals surface area contributed by atoms with Gasteiger partial charge in [-0.1, -0.05) is 0 Å². The third-order valence-corrected chi connectivity index (χ3v) is 2.27. The van der Waals surface area contributed by atoms with E-state index in [-0.39, 0.29) is 11.3 Å². The van der Waals surface area contributed by atoms with Crippen LogP contribution in [0.1, 0.15) is 10.4 Å². The summed E-state index contributed by atoms with van der Waals surface area (Å²) in [5.41, 5.74) is 1.45. The van der Waals surface area contributed by atoms with E-state index in [1.54, 1.807) is 11.5 Å². The molecule has 94 valence electrons. The molecule has 0 saturated heterocycles. The second-order valence-electron chi connectivity index (χ2n) is 3.00. The first-order valence-electron chi connectivity index (χ1n) is 4.27. The Morgan fingerprint density at radius 1 is 1.47 bits per heavy atom. The van der Waals surface area contributed by atoms with E-state index in [9.17, 15) is 23.1 Å². The van der Waals surface area contributed by atoms with E-state index in [0.717, 1.165) is 0 Å². The van der Waals surface area contributed by atoms with Gasteiger partial charge in [-0.05, 0) is 40.8 Å². The first kappa shape index (κ1) is 14.0. The highest BCUT2D eigenvalue weighted by Gasteiger charge is 2.28. The maximum absolute atomic E-state index is 11.7. The second-order valence-corrected chi connectivity index (χ2v) is 4.24. The first-order valence-corrected chi connectivity index (χ1v) is 5.35. The number of hydrogen-bond donors (Lipinski definition) is 2. The second kappa shape index (κ2) is 5.54. The molecular formula is C9H7F3INO3. The molecule has 1 aromatic rings. The van der Waals surface area contributed by atoms with E-state index in [4.69, 9.17) is 0 Å². The molecule has 0 saturated carbocycles. The fourth-order valence-corrected chi connectivity index (χ4v) is 1.42. The molecule has 1 aromatic carbocycles. The Hall–Kier alpha value is -1.03. The number of nitrogens with one attached hydrogen (secondary N) is 1. The van der Waals surface area contributed by atoms with Gasteiger partial charge in [0.15, 0.2) is 6.61 Å². The van der Waals surface area contributed by atoms with Gasteiger partial charge in [-0.15, -0.1) is 0 Å². The van der Waals surface area contributed by atoms with Crippen LogP contribution in [-0.4, -0.2) is 23.8 Å². The molecule has 0 bridgehead atoms. The van der Waals surface area contributed by atoms with Gasteiger partial charge in [-0.25, -0.2) is 5.48 Å². The smallest absolute Gasteiger partial charge is 0.414 e. The molecule has 0 fully saturated rings. The average molecular weight is 361 g/mol. The van der Waals surface area contributed by atoms with Crippen LogP contribution < -0.4 is 5.48 Å². The highest BCUT2D eigenvalue weighted by molar-refractivity contribution is 14.1. The topological polar surface area (TPSA) is 58.6 Å². The summed E-state index contributed by atoms with van der Waals surface area (Å²) in [6.45, 7) is -1.59. The number of halogens is 4. The van der Waals surface area contributed by atoms with Crippen molar-refractivity contribution in [2.24, 2.45) is 0 Å². The van der Waals surface area contributed by atoms with E-state index in [1.165, 1.54) is 12.1 Å². The Bertz CT molecular complexity index is 422. The van der Waals surface area contributed by atoms with E-state index in [1.807, 2.05) is 22.6 Å². The lowest BCUT2D eigenvalue weighted by molar-refractivity contribution is -0.184. The molecule has 8 heteroatoms. The Balaban J connectivity index is 2.61. The van der Waals surface area contributed by atoms with Crippen molar-refractivity contribution in [3.05, 3.63) is 27.3 Å². The number of hydrogen-bond acceptors (Lipinski definition) is 3. The average Bonchev–Trinajstić information content (AvgIpc) is 2.19. The molecule has 0 radical (unpaired) electrons. The lowest BCUT2D eigenvalue weighted by atomic mass is 10.2. The minimum Gasteiger partial charge on any atom is -0.507 e. The molecular weight excluding hydrogens is 354 g/mol. The zero-order valence-corrected chi connectivity index (χ0v) is 10.4. The molecule has 0 aliphatic rings. The number of phenolic OH excluding ortho intramolecular Hbond substituents is 1. The molecule has 0 aromatic heterocycles. The fourth-order valence-electron chi connectivity index (χ4n) is 0.929. The lowest BCUT2D eigenvalue weighted by Crippen LogP contribution is -2.29. The number of rotatable bonds is 3. The van der Waals surface area contributed by atoms with Crippen molar-refractivity contribution in [2.75, 3.05) is 6.61 Å². The summed E-state index contributed by atoms with van der Waals surface area (Å²) in [6, 6.07) is 4.13. The Morgan fingerprint density at radius 3 is 2.71 bits per heavy atom. The summed E-state index contributed by atoms with van der Waals surface area (Å²) in [6.07, 6.45) is -4.53. The van der Waals surface area contributed by atoms with Crippen molar-refractivity contribution in [3.8, 4) is 5.75 Å². The van der Waals surface area contributed by atoms with Gasteiger partial charge < -0.3 is 5.11 Å². The molecule has 1 amide bonds. The van der Waals surface area contributed by atoms with Gasteiger partial charge in [0, 0.05) is 3.57 Å². The van der Waals surface area contributed by atoms with Crippen molar-refractivity contribution < 1.29 is 27.9 Å². The van der Waals surface area contributed by atoms with Gasteiger partial charge in [0.1, 0.15) is 5.75 Å². The molecule has 0 spiro atoms. The molecule has 0 atom stereocenters. The summed E-state index contributed by atoms with van der Waals surface area (Å²) in [5.74, 6) is -1.27. The Kier molecular flexibility index (Phi) is 4.57. The third-order valence-electron chi connectivity index (χ3n) is 1.60. The Morgan fingerprint density at radius 2 is 2.12 bits per heavy atom. The maximum Gasteiger partial charge on any atom is 0.414 e. The fraction of sp³-hybridized carbons (Fsp3) is 0.222. The summed E-state index contributed by atoms with van der Waals surface area (Å²) in [5, 5.41) is 9.32. The third kappa shape index (κ3) is 4.77. The number of hydroxylamine groups is 1. The van der Waals surface area contributed by atoms with Crippen LogP contribution in [0.2, 0.25) is 0 Å². The van der Waals surface area contributed by atoms with Crippen LogP contribution in [0.25, 0.3) is 0 Å². The zero-order valence-electron chi connectivity index (χ0n) is 8.21. The lowest BCUT2D eigenvalue weighted by Gasteiger charge is -2.09. The minimum atomic E-state index is -4.53. The molecule has 2 N–H and O–H groups in total. The number of alkyl halides is 3. The van der Waals surface area contributed by atoms with Gasteiger partial charge in [-0.2, -0.15) is 13.2 Å². The van der Waals surface area contributed by atoms with Crippen molar-refractivity contribution in [1.29, 1.82) is 0 Å². The molecule has 17 heavy (non-hydrogen) atoms. The van der Waals surface area contributed by atoms with E-state index >= 15 is 0 Å². The number of benzene rings is 1. The number of carbonyl (C=O) groups excluding carboxylic acids is 1. The highest BCUT2D eigenvalue weighted by Crippen LogP contribution is 2.19. The van der Waals surface area contributed by atoms with Crippen LogP contribution in [0.4, 0.5) is 13.2 Å². The van der Waals surface area contributed by atoms with Crippen LogP contribution in [0, 0.1) is 3.57 Å². The number of amides is 1. The molecule has 0 aliphatic carbocycles. The predicted octanol–water partition coefficient (Wildman–Crippen LogP) is 2.22. The van der Waals surface area contributed by atoms with Gasteiger partial charge in [-0.3, -0.25) is 9.63 Å². The monoisotopic (exact) mass is 361 g/mol. The number of aromatic hydroxyl groups is 1. The number of carbonyl (C=O) groups is 1. The van der Waals surface area contributed by atoms with Crippen LogP contribution in [-0.2, 0) is 4.84 Å². The summed E-state index contributed by atoms with van der Waals surface area (Å²) in [4.78, 5) is 15.3. The summed E-state index contributed by atoms with van der Waals surface area (Å²) < 4.78 is 35.8. The van der Waals surface area contributed by atoms with Crippen molar-refractivity contribution >= 4 is 28.5 Å². The van der Waals surface area contributed by atoms with Gasteiger partial charge in [0.05, 0.1) is 5.56 Å². The quantitative estimate of drug-likeness (QED) is 0.641. The largest absolute Gasteiger partial charge is 0.507 e. The van der Waals surface area contributed by atoms with Gasteiger partial charge in [0.25, 0.3) is 5.91 Å². The zero-order chi connectivity index (χ0) is 13.1.